The molecular formula is C11H19B. The molecule has 4 atom stereocenters. The molecule has 2 radical (unpaired) electrons. The van der Waals surface area contributed by atoms with E-state index in [1.807, 2.05) is 0 Å². The first kappa shape index (κ1) is 8.65. The van der Waals surface area contributed by atoms with Crippen molar-refractivity contribution in [3.8, 4) is 0 Å². The van der Waals surface area contributed by atoms with Crippen LogP contribution in [0, 0.1) is 17.3 Å². The van der Waals surface area contributed by atoms with Crippen molar-refractivity contribution in [2.45, 2.75) is 51.8 Å². The molecule has 1 heteroatoms. The number of hydrogen-bond donors (Lipinski definition) is 0. The Morgan fingerprint density at radius 2 is 2.25 bits per heavy atom. The van der Waals surface area contributed by atoms with Crippen LogP contribution in [-0.4, -0.2) is 7.85 Å². The summed E-state index contributed by atoms with van der Waals surface area (Å²) in [5, 5.41) is 0. The fourth-order valence-corrected chi connectivity index (χ4v) is 3.76. The van der Waals surface area contributed by atoms with Gasteiger partial charge >= 0.3 is 0 Å². The lowest BCUT2D eigenvalue weighted by atomic mass is 9.66. The molecule has 2 aliphatic rings. The quantitative estimate of drug-likeness (QED) is 0.519. The molecule has 2 aliphatic carbocycles. The highest BCUT2D eigenvalue weighted by atomic mass is 14.5. The minimum Gasteiger partial charge on any atom is -0.0738 e. The van der Waals surface area contributed by atoms with E-state index >= 15 is 0 Å². The normalized spacial score (nSPS) is 52.7. The van der Waals surface area contributed by atoms with Gasteiger partial charge in [-0.3, -0.25) is 0 Å². The highest BCUT2D eigenvalue weighted by Crippen LogP contribution is 2.60. The van der Waals surface area contributed by atoms with E-state index in [4.69, 9.17) is 7.85 Å². The highest BCUT2D eigenvalue weighted by Gasteiger charge is 2.49. The zero-order valence-electron chi connectivity index (χ0n) is 8.34. The average molecular weight is 162 g/mol. The van der Waals surface area contributed by atoms with Crippen molar-refractivity contribution in [1.29, 1.82) is 0 Å². The summed E-state index contributed by atoms with van der Waals surface area (Å²) in [5.41, 5.74) is 0.641. The van der Waals surface area contributed by atoms with Crippen LogP contribution in [0.2, 0.25) is 5.82 Å². The van der Waals surface area contributed by atoms with Gasteiger partial charge in [-0.2, -0.15) is 0 Å². The first-order valence-corrected chi connectivity index (χ1v) is 5.45. The summed E-state index contributed by atoms with van der Waals surface area (Å²) in [5.74, 6) is 2.26. The summed E-state index contributed by atoms with van der Waals surface area (Å²) in [6, 6.07) is 0. The third kappa shape index (κ3) is 0.979. The van der Waals surface area contributed by atoms with Gasteiger partial charge in [0.2, 0.25) is 0 Å². The van der Waals surface area contributed by atoms with Crippen LogP contribution in [0.25, 0.3) is 0 Å². The van der Waals surface area contributed by atoms with Gasteiger partial charge in [0.1, 0.15) is 0 Å². The van der Waals surface area contributed by atoms with E-state index < -0.39 is 0 Å². The lowest BCUT2D eigenvalue weighted by molar-refractivity contribution is 0.117. The first-order valence-electron chi connectivity index (χ1n) is 5.45. The molecule has 0 aromatic rings. The van der Waals surface area contributed by atoms with Crippen molar-refractivity contribution >= 4 is 7.85 Å². The SMILES string of the molecule is [B][C@@H]1CC2(CC)CCCC1[C@H]2C. The standard InChI is InChI=1S/C11H19B/c1-3-11-6-4-5-9(8(11)2)10(12)7-11/h8-10H,3-7H2,1-2H3/t8-,9?,10-,11?/m1/s1. The Hall–Kier alpha value is 0.0649. The van der Waals surface area contributed by atoms with Gasteiger partial charge in [-0.15, -0.1) is 0 Å². The Bertz CT molecular complexity index is 178. The van der Waals surface area contributed by atoms with Gasteiger partial charge in [-0.25, -0.2) is 0 Å². The molecule has 2 rings (SSSR count). The molecule has 0 aromatic carbocycles. The van der Waals surface area contributed by atoms with Gasteiger partial charge in [0, 0.05) is 0 Å². The van der Waals surface area contributed by atoms with Gasteiger partial charge < -0.3 is 0 Å². The topological polar surface area (TPSA) is 0 Å². The van der Waals surface area contributed by atoms with E-state index in [9.17, 15) is 0 Å². The number of rotatable bonds is 1. The van der Waals surface area contributed by atoms with Gasteiger partial charge in [0.25, 0.3) is 0 Å². The second-order valence-electron chi connectivity index (χ2n) is 4.93. The molecule has 2 fully saturated rings. The third-order valence-corrected chi connectivity index (χ3v) is 4.72. The maximum absolute atomic E-state index is 6.17. The maximum atomic E-state index is 6.17. The average Bonchev–Trinajstić information content (AvgIpc) is 2.23. The molecule has 0 aliphatic heterocycles. The molecule has 0 saturated heterocycles. The lowest BCUT2D eigenvalue weighted by Crippen LogP contribution is -2.29. The van der Waals surface area contributed by atoms with Crippen molar-refractivity contribution in [1.82, 2.24) is 0 Å². The van der Waals surface area contributed by atoms with Gasteiger partial charge in [-0.1, -0.05) is 45.3 Å². The van der Waals surface area contributed by atoms with Crippen LogP contribution in [0.1, 0.15) is 46.0 Å². The van der Waals surface area contributed by atoms with E-state index in [0.29, 0.717) is 11.2 Å². The predicted octanol–water partition coefficient (Wildman–Crippen LogP) is 3.18. The van der Waals surface area contributed by atoms with Crippen molar-refractivity contribution in [2.75, 3.05) is 0 Å². The second kappa shape index (κ2) is 2.78. The minimum atomic E-state index is 0.516. The Kier molecular flexibility index (Phi) is 2.01. The monoisotopic (exact) mass is 162 g/mol. The highest BCUT2D eigenvalue weighted by molar-refractivity contribution is 6.12. The molecule has 12 heavy (non-hydrogen) atoms. The van der Waals surface area contributed by atoms with Crippen LogP contribution in [0.3, 0.4) is 0 Å². The van der Waals surface area contributed by atoms with Crippen molar-refractivity contribution < 1.29 is 0 Å². The third-order valence-electron chi connectivity index (χ3n) is 4.72. The van der Waals surface area contributed by atoms with Crippen LogP contribution in [0.4, 0.5) is 0 Å². The minimum absolute atomic E-state index is 0.516. The number of fused-ring (bicyclic) bond motifs is 2. The Balaban J connectivity index is 2.24. The summed E-state index contributed by atoms with van der Waals surface area (Å²) in [6.45, 7) is 4.77. The molecule has 2 saturated carbocycles. The Morgan fingerprint density at radius 3 is 2.83 bits per heavy atom. The second-order valence-corrected chi connectivity index (χ2v) is 4.93. The molecule has 0 aromatic heterocycles. The molecular weight excluding hydrogens is 143 g/mol. The fourth-order valence-electron chi connectivity index (χ4n) is 3.76. The van der Waals surface area contributed by atoms with Crippen LogP contribution < -0.4 is 0 Å². The number of hydrogen-bond acceptors (Lipinski definition) is 0. The summed E-state index contributed by atoms with van der Waals surface area (Å²) >= 11 is 0. The molecule has 2 bridgehead atoms. The summed E-state index contributed by atoms with van der Waals surface area (Å²) in [6.07, 6.45) is 6.91. The van der Waals surface area contributed by atoms with Crippen molar-refractivity contribution in [3.63, 3.8) is 0 Å². The van der Waals surface area contributed by atoms with Crippen LogP contribution in [0.5, 0.6) is 0 Å². The van der Waals surface area contributed by atoms with E-state index in [2.05, 4.69) is 13.8 Å². The summed E-state index contributed by atoms with van der Waals surface area (Å²) in [4.78, 5) is 0. The zero-order chi connectivity index (χ0) is 8.77. The molecule has 0 heterocycles. The van der Waals surface area contributed by atoms with Crippen LogP contribution in [-0.2, 0) is 0 Å². The predicted molar refractivity (Wildman–Crippen MR) is 53.4 cm³/mol. The fraction of sp³-hybridized carbons (Fsp3) is 1.00. The first-order chi connectivity index (χ1) is 5.69. The smallest absolute Gasteiger partial charge is 0.0703 e. The summed E-state index contributed by atoms with van der Waals surface area (Å²) in [7, 11) is 6.17. The van der Waals surface area contributed by atoms with Crippen LogP contribution in [0.15, 0.2) is 0 Å². The van der Waals surface area contributed by atoms with Crippen molar-refractivity contribution in [2.24, 2.45) is 17.3 Å². The van der Waals surface area contributed by atoms with Gasteiger partial charge in [0.05, 0.1) is 7.85 Å². The molecule has 0 nitrogen and oxygen atoms in total. The zero-order valence-corrected chi connectivity index (χ0v) is 8.34. The Labute approximate surface area is 77.5 Å². The molecule has 66 valence electrons. The van der Waals surface area contributed by atoms with Crippen LogP contribution >= 0.6 is 0 Å². The van der Waals surface area contributed by atoms with E-state index in [1.165, 1.54) is 32.1 Å². The lowest BCUT2D eigenvalue weighted by Gasteiger charge is -2.39. The maximum Gasteiger partial charge on any atom is 0.0703 e. The largest absolute Gasteiger partial charge is 0.0738 e. The molecule has 0 amide bonds. The van der Waals surface area contributed by atoms with Gasteiger partial charge in [-0.05, 0) is 23.7 Å². The molecule has 0 spiro atoms. The van der Waals surface area contributed by atoms with Crippen molar-refractivity contribution in [3.05, 3.63) is 0 Å². The van der Waals surface area contributed by atoms with E-state index in [-0.39, 0.29) is 0 Å². The molecule has 2 unspecified atom stereocenters. The molecule has 0 N–H and O–H groups in total. The summed E-state index contributed by atoms with van der Waals surface area (Å²) < 4.78 is 0. The Morgan fingerprint density at radius 1 is 1.50 bits per heavy atom. The van der Waals surface area contributed by atoms with E-state index in [1.54, 1.807) is 0 Å². The van der Waals surface area contributed by atoms with Gasteiger partial charge in [0.15, 0.2) is 0 Å². The van der Waals surface area contributed by atoms with E-state index in [0.717, 1.165) is 11.8 Å².